The Morgan fingerprint density at radius 1 is 1.05 bits per heavy atom. The highest BCUT2D eigenvalue weighted by atomic mass is 16.5. The fourth-order valence-corrected chi connectivity index (χ4v) is 2.32. The summed E-state index contributed by atoms with van der Waals surface area (Å²) in [6.45, 7) is 29.8. The molecule has 0 saturated carbocycles. The fourth-order valence-electron chi connectivity index (χ4n) is 2.32. The molecule has 6 heteroatoms. The monoisotopic (exact) mass is 534 g/mol. The van der Waals surface area contributed by atoms with Crippen molar-refractivity contribution in [3.8, 4) is 5.75 Å². The third-order valence-electron chi connectivity index (χ3n) is 5.06. The van der Waals surface area contributed by atoms with E-state index in [0.717, 1.165) is 23.5 Å². The third-order valence-corrected chi connectivity index (χ3v) is 5.06. The van der Waals surface area contributed by atoms with Crippen LogP contribution in [-0.4, -0.2) is 29.8 Å². The molecule has 1 aromatic rings. The van der Waals surface area contributed by atoms with E-state index in [4.69, 9.17) is 9.84 Å². The highest BCUT2D eigenvalue weighted by Crippen LogP contribution is 2.25. The van der Waals surface area contributed by atoms with Gasteiger partial charge in [0.05, 0.1) is 18.4 Å². The number of hydrogen-bond donors (Lipinski definition) is 2. The Balaban J connectivity index is -0.000000279. The van der Waals surface area contributed by atoms with Crippen LogP contribution in [0.5, 0.6) is 5.75 Å². The molecule has 0 aliphatic rings. The molecule has 0 radical (unpaired) electrons. The molecule has 38 heavy (non-hydrogen) atoms. The maximum atomic E-state index is 10.9. The minimum absolute atomic E-state index is 0.171. The summed E-state index contributed by atoms with van der Waals surface area (Å²) in [5.74, 6) is 1.57. The first-order valence-corrected chi connectivity index (χ1v) is 13.9. The second kappa shape index (κ2) is 27.2. The molecule has 0 aliphatic heterocycles. The first-order valence-electron chi connectivity index (χ1n) is 13.9. The number of ether oxygens (including phenoxy) is 1. The standard InChI is InChI=1S/C16H20N2O3.C6H12O.C6H14.2C2H6/c1-10(2)11(3)9-17-12(4)18-14-7-6-13(16(19)20)8-15(14)21-5;1-4-5(2)6(3)7;1-4-5-6(2)3;2*1-2/h6-9H,1H2,2-5H3,(H,17,18)(H,19,20);5H,4H2,1-3H3;6H,4-5H2,1-3H3;2*1-2H3/b11-9-;;;;. The van der Waals surface area contributed by atoms with Crippen LogP contribution in [0, 0.1) is 11.8 Å². The zero-order valence-electron chi connectivity index (χ0n) is 26.9. The number of allylic oxidation sites excluding steroid dienone is 2. The molecule has 0 saturated heterocycles. The van der Waals surface area contributed by atoms with Crippen LogP contribution < -0.4 is 10.1 Å². The Kier molecular flexibility index (Phi) is 30.2. The number of methoxy groups -OCH3 is 1. The van der Waals surface area contributed by atoms with Crippen LogP contribution in [0.2, 0.25) is 0 Å². The van der Waals surface area contributed by atoms with Gasteiger partial charge in [-0.15, -0.1) is 0 Å². The van der Waals surface area contributed by atoms with Gasteiger partial charge < -0.3 is 15.2 Å². The molecule has 0 amide bonds. The van der Waals surface area contributed by atoms with Gasteiger partial charge in [0.25, 0.3) is 0 Å². The maximum Gasteiger partial charge on any atom is 0.335 e. The van der Waals surface area contributed by atoms with Crippen LogP contribution >= 0.6 is 0 Å². The molecular formula is C32H58N2O4. The topological polar surface area (TPSA) is 88.0 Å². The molecule has 6 nitrogen and oxygen atoms in total. The van der Waals surface area contributed by atoms with Gasteiger partial charge >= 0.3 is 5.97 Å². The Morgan fingerprint density at radius 2 is 1.58 bits per heavy atom. The van der Waals surface area contributed by atoms with Gasteiger partial charge in [-0.2, -0.15) is 0 Å². The number of anilines is 1. The number of nitrogens with zero attached hydrogens (tertiary/aromatic N) is 1. The lowest BCUT2D eigenvalue weighted by Crippen LogP contribution is -2.08. The number of carbonyl (C=O) groups excluding carboxylic acids is 1. The molecule has 0 heterocycles. The lowest BCUT2D eigenvalue weighted by Gasteiger charge is -2.11. The molecule has 220 valence electrons. The van der Waals surface area contributed by atoms with E-state index < -0.39 is 5.97 Å². The molecule has 0 aliphatic carbocycles. The van der Waals surface area contributed by atoms with Crippen LogP contribution in [-0.2, 0) is 4.79 Å². The number of carbonyl (C=O) groups is 2. The highest BCUT2D eigenvalue weighted by Gasteiger charge is 2.09. The summed E-state index contributed by atoms with van der Waals surface area (Å²) in [6, 6.07) is 4.62. The van der Waals surface area contributed by atoms with Crippen molar-refractivity contribution in [3.63, 3.8) is 0 Å². The zero-order chi connectivity index (χ0) is 30.8. The lowest BCUT2D eigenvalue weighted by molar-refractivity contribution is -0.120. The predicted molar refractivity (Wildman–Crippen MR) is 168 cm³/mol. The Morgan fingerprint density at radius 3 is 1.87 bits per heavy atom. The maximum absolute atomic E-state index is 10.9. The van der Waals surface area contributed by atoms with Crippen LogP contribution in [0.4, 0.5) is 5.69 Å². The van der Waals surface area contributed by atoms with Gasteiger partial charge in [0.15, 0.2) is 0 Å². The largest absolute Gasteiger partial charge is 0.495 e. The molecular weight excluding hydrogens is 476 g/mol. The lowest BCUT2D eigenvalue weighted by atomic mass is 10.1. The Labute approximate surface area is 234 Å². The third kappa shape index (κ3) is 23.5. The zero-order valence-corrected chi connectivity index (χ0v) is 26.9. The number of ketones is 1. The van der Waals surface area contributed by atoms with Crippen molar-refractivity contribution in [2.45, 2.75) is 109 Å². The molecule has 0 fully saturated rings. The molecule has 0 spiro atoms. The first-order chi connectivity index (χ1) is 17.8. The summed E-state index contributed by atoms with van der Waals surface area (Å²) in [7, 11) is 1.49. The molecule has 0 bridgehead atoms. The number of carboxylic acids is 1. The molecule has 2 N–H and O–H groups in total. The smallest absolute Gasteiger partial charge is 0.335 e. The van der Waals surface area contributed by atoms with Crippen molar-refractivity contribution in [3.05, 3.63) is 47.7 Å². The second-order valence-electron chi connectivity index (χ2n) is 8.75. The van der Waals surface area contributed by atoms with Gasteiger partial charge in [-0.05, 0) is 63.8 Å². The summed E-state index contributed by atoms with van der Waals surface area (Å²) in [5, 5.41) is 12.0. The van der Waals surface area contributed by atoms with E-state index in [-0.39, 0.29) is 11.5 Å². The molecule has 1 aromatic carbocycles. The number of nitrogens with one attached hydrogen (secondary N) is 1. The van der Waals surface area contributed by atoms with Gasteiger partial charge in [0.1, 0.15) is 17.4 Å². The summed E-state index contributed by atoms with van der Waals surface area (Å²) in [6.07, 6.45) is 5.40. The van der Waals surface area contributed by atoms with E-state index >= 15 is 0 Å². The number of Topliss-reactive ketones (excluding diaryl/α,β-unsaturated/α-hetero) is 1. The quantitative estimate of drug-likeness (QED) is 0.187. The van der Waals surface area contributed by atoms with Gasteiger partial charge in [0.2, 0.25) is 0 Å². The summed E-state index contributed by atoms with van der Waals surface area (Å²) >= 11 is 0. The molecule has 1 rings (SSSR count). The number of benzene rings is 1. The number of rotatable bonds is 9. The van der Waals surface area contributed by atoms with E-state index in [9.17, 15) is 9.59 Å². The van der Waals surface area contributed by atoms with Crippen molar-refractivity contribution in [1.29, 1.82) is 0 Å². The van der Waals surface area contributed by atoms with Gasteiger partial charge in [-0.1, -0.05) is 87.3 Å². The summed E-state index contributed by atoms with van der Waals surface area (Å²) in [4.78, 5) is 25.6. The fraction of sp³-hybridized carbons (Fsp3) is 0.594. The minimum Gasteiger partial charge on any atom is -0.495 e. The van der Waals surface area contributed by atoms with Gasteiger partial charge in [-0.25, -0.2) is 9.79 Å². The van der Waals surface area contributed by atoms with E-state index in [1.54, 1.807) is 19.2 Å². The van der Waals surface area contributed by atoms with E-state index in [1.165, 1.54) is 32.1 Å². The van der Waals surface area contributed by atoms with Gasteiger partial charge in [-0.3, -0.25) is 4.79 Å². The number of amidine groups is 1. The van der Waals surface area contributed by atoms with Crippen LogP contribution in [0.25, 0.3) is 0 Å². The van der Waals surface area contributed by atoms with Crippen molar-refractivity contribution in [1.82, 2.24) is 0 Å². The van der Waals surface area contributed by atoms with Crippen LogP contribution in [0.15, 0.2) is 47.1 Å². The minimum atomic E-state index is -0.995. The molecule has 1 atom stereocenters. The molecule has 0 aromatic heterocycles. The summed E-state index contributed by atoms with van der Waals surface area (Å²) < 4.78 is 5.19. The van der Waals surface area contributed by atoms with Crippen molar-refractivity contribution >= 4 is 23.3 Å². The van der Waals surface area contributed by atoms with Crippen molar-refractivity contribution in [2.75, 3.05) is 12.4 Å². The number of carboxylic acid groups (broad SMARTS) is 1. The van der Waals surface area contributed by atoms with Crippen molar-refractivity contribution in [2.24, 2.45) is 16.8 Å². The predicted octanol–water partition coefficient (Wildman–Crippen LogP) is 9.82. The van der Waals surface area contributed by atoms with E-state index in [2.05, 4.69) is 37.7 Å². The van der Waals surface area contributed by atoms with Crippen molar-refractivity contribution < 1.29 is 19.4 Å². The average Bonchev–Trinajstić information content (AvgIpc) is 2.89. The Bertz CT molecular complexity index is 840. The highest BCUT2D eigenvalue weighted by molar-refractivity contribution is 5.96. The van der Waals surface area contributed by atoms with E-state index in [0.29, 0.717) is 23.1 Å². The number of hydrogen-bond acceptors (Lipinski definition) is 4. The Hall–Kier alpha value is -2.89. The summed E-state index contributed by atoms with van der Waals surface area (Å²) in [5.41, 5.74) is 2.77. The second-order valence-corrected chi connectivity index (χ2v) is 8.75. The molecule has 1 unspecified atom stereocenters. The number of aromatic carboxylic acids is 1. The first kappa shape index (κ1) is 42.2. The number of aliphatic imine (C=N–C) groups is 1. The SMILES string of the molecule is C=C(C)/C(C)=C\N=C(C)Nc1ccc(C(=O)O)cc1OC.CC.CC.CCC(C)C(C)=O.CCCC(C)C. The normalized spacial score (nSPS) is 11.0. The average molecular weight is 535 g/mol. The van der Waals surface area contributed by atoms with E-state index in [1.807, 2.05) is 62.3 Å². The van der Waals surface area contributed by atoms with Gasteiger partial charge in [0, 0.05) is 12.1 Å². The van der Waals surface area contributed by atoms with Crippen LogP contribution in [0.3, 0.4) is 0 Å². The van der Waals surface area contributed by atoms with Crippen LogP contribution in [0.1, 0.15) is 120 Å².